The summed E-state index contributed by atoms with van der Waals surface area (Å²) in [7, 11) is 0. The molecule has 4 aromatic rings. The van der Waals surface area contributed by atoms with E-state index in [0.717, 1.165) is 41.5 Å². The van der Waals surface area contributed by atoms with E-state index in [2.05, 4.69) is 5.10 Å². The summed E-state index contributed by atoms with van der Waals surface area (Å²) < 4.78 is 35.9. The molecule has 1 spiro atoms. The highest BCUT2D eigenvalue weighted by atomic mass is 35.5. The summed E-state index contributed by atoms with van der Waals surface area (Å²) >= 11 is 6.50. The maximum atomic E-state index is 13.7. The highest BCUT2D eigenvalue weighted by molar-refractivity contribution is 6.36. The third-order valence-corrected chi connectivity index (χ3v) is 8.64. The molecule has 0 bridgehead atoms. The van der Waals surface area contributed by atoms with Crippen LogP contribution >= 0.6 is 11.6 Å². The molecule has 0 saturated heterocycles. The van der Waals surface area contributed by atoms with Gasteiger partial charge in [-0.05, 0) is 79.6 Å². The van der Waals surface area contributed by atoms with Gasteiger partial charge in [0, 0.05) is 27.4 Å². The average molecular weight is 515 g/mol. The fourth-order valence-electron chi connectivity index (χ4n) is 6.36. The molecule has 3 aromatic carbocycles. The van der Waals surface area contributed by atoms with Gasteiger partial charge in [0.2, 0.25) is 0 Å². The first-order valence-corrected chi connectivity index (χ1v) is 13.2. The van der Waals surface area contributed by atoms with E-state index < -0.39 is 12.9 Å². The lowest BCUT2D eigenvalue weighted by Crippen LogP contribution is -2.49. The zero-order chi connectivity index (χ0) is 29.2. The fraction of sp³-hybridized carbons (Fsp3) is 0.344. The summed E-state index contributed by atoms with van der Waals surface area (Å²) in [6, 6.07) is 17.5. The molecule has 1 atom stereocenters. The van der Waals surface area contributed by atoms with Gasteiger partial charge in [-0.1, -0.05) is 66.2 Å². The molecule has 188 valence electrons. The normalized spacial score (nSPS) is 26.2. The smallest absolute Gasteiger partial charge is 0.165 e. The van der Waals surface area contributed by atoms with Crippen LogP contribution in [-0.4, -0.2) is 21.3 Å². The van der Waals surface area contributed by atoms with Crippen molar-refractivity contribution in [2.45, 2.75) is 51.9 Å². The van der Waals surface area contributed by atoms with Crippen LogP contribution in [0.1, 0.15) is 73.3 Å². The van der Waals surface area contributed by atoms with Crippen LogP contribution in [0.25, 0.3) is 22.0 Å². The maximum Gasteiger partial charge on any atom is 0.165 e. The molecule has 2 saturated carbocycles. The fourth-order valence-corrected chi connectivity index (χ4v) is 6.56. The Morgan fingerprint density at radius 1 is 1.05 bits per heavy atom. The molecule has 0 N–H and O–H groups in total. The Balaban J connectivity index is 1.35. The van der Waals surface area contributed by atoms with Crippen molar-refractivity contribution in [3.63, 3.8) is 0 Å². The number of hydrogen-bond acceptors (Lipinski definition) is 3. The lowest BCUT2D eigenvalue weighted by atomic mass is 9.47. The van der Waals surface area contributed by atoms with Gasteiger partial charge >= 0.3 is 0 Å². The highest BCUT2D eigenvalue weighted by Gasteiger charge is 2.53. The Labute approximate surface area is 228 Å². The van der Waals surface area contributed by atoms with Crippen molar-refractivity contribution in [3.05, 3.63) is 89.1 Å². The Morgan fingerprint density at radius 2 is 1.76 bits per heavy atom. The zero-order valence-electron chi connectivity index (χ0n) is 24.7. The molecule has 0 aliphatic heterocycles. The van der Waals surface area contributed by atoms with Crippen LogP contribution in [0.15, 0.2) is 72.9 Å². The molecule has 2 aliphatic carbocycles. The first kappa shape index (κ1) is 19.8. The molecule has 5 heteroatoms. The van der Waals surface area contributed by atoms with Gasteiger partial charge in [0.25, 0.3) is 0 Å². The van der Waals surface area contributed by atoms with Crippen molar-refractivity contribution >= 4 is 34.1 Å². The van der Waals surface area contributed by atoms with E-state index in [1.165, 1.54) is 6.20 Å². The monoisotopic (exact) mass is 514 g/mol. The van der Waals surface area contributed by atoms with E-state index in [1.807, 2.05) is 30.3 Å². The minimum absolute atomic E-state index is 0.122. The van der Waals surface area contributed by atoms with E-state index in [0.29, 0.717) is 22.4 Å². The number of benzene rings is 3. The number of carbonyl (C=O) groups is 2. The third-order valence-electron chi connectivity index (χ3n) is 8.31. The molecule has 1 heterocycles. The molecule has 2 fully saturated rings. The predicted octanol–water partition coefficient (Wildman–Crippen LogP) is 7.93. The minimum atomic E-state index is -2.82. The molecular formula is C32H31ClN2O2. The average Bonchev–Trinajstić information content (AvgIpc) is 3.35. The summed E-state index contributed by atoms with van der Waals surface area (Å²) in [4.78, 5) is 25.4. The number of halogens is 1. The van der Waals surface area contributed by atoms with E-state index in [-0.39, 0.29) is 39.9 Å². The van der Waals surface area contributed by atoms with Gasteiger partial charge in [-0.3, -0.25) is 14.3 Å². The van der Waals surface area contributed by atoms with Gasteiger partial charge in [-0.25, -0.2) is 0 Å². The molecule has 1 aromatic heterocycles. The van der Waals surface area contributed by atoms with E-state index >= 15 is 0 Å². The number of Topliss-reactive ketones (excluding diaryl/α,β-unsaturated/α-hetero) is 2. The number of carbonyl (C=O) groups excluding carboxylic acids is 2. The highest BCUT2D eigenvalue weighted by Crippen LogP contribution is 2.62. The SMILES string of the molecule is [2H]C([2H])([2H])C([2H])(c1ccc(-c2ccccc2)cc1)n1ncc2c(Cl)ccc(C(=O)CC3CC4(C3)CC(C(C)=O)C4)c21. The lowest BCUT2D eigenvalue weighted by Gasteiger charge is -2.57. The number of rotatable bonds is 7. The van der Waals surface area contributed by atoms with Crippen LogP contribution in [0, 0.1) is 17.3 Å². The predicted molar refractivity (Wildman–Crippen MR) is 148 cm³/mol. The second-order valence-corrected chi connectivity index (χ2v) is 11.2. The molecule has 0 amide bonds. The van der Waals surface area contributed by atoms with E-state index in [9.17, 15) is 11.0 Å². The maximum absolute atomic E-state index is 13.7. The van der Waals surface area contributed by atoms with Gasteiger partial charge in [0.05, 0.1) is 24.1 Å². The molecule has 1 unspecified atom stereocenters. The second kappa shape index (κ2) is 9.25. The topological polar surface area (TPSA) is 52.0 Å². The van der Waals surface area contributed by atoms with Gasteiger partial charge in [-0.2, -0.15) is 5.10 Å². The number of ketones is 2. The molecule has 4 nitrogen and oxygen atoms in total. The number of hydrogen-bond donors (Lipinski definition) is 0. The van der Waals surface area contributed by atoms with Gasteiger partial charge < -0.3 is 0 Å². The van der Waals surface area contributed by atoms with Gasteiger partial charge in [-0.15, -0.1) is 0 Å². The van der Waals surface area contributed by atoms with Gasteiger partial charge in [0.1, 0.15) is 5.78 Å². The number of aromatic nitrogens is 2. The summed E-state index contributed by atoms with van der Waals surface area (Å²) in [5.41, 5.74) is 2.87. The van der Waals surface area contributed by atoms with Crippen LogP contribution in [0.3, 0.4) is 0 Å². The summed E-state index contributed by atoms with van der Waals surface area (Å²) in [5.74, 6) is 0.493. The molecule has 6 rings (SSSR count). The summed E-state index contributed by atoms with van der Waals surface area (Å²) in [6.07, 6.45) is 5.42. The Kier molecular flexibility index (Phi) is 4.96. The zero-order valence-corrected chi connectivity index (χ0v) is 21.5. The molecule has 37 heavy (non-hydrogen) atoms. The lowest BCUT2D eigenvalue weighted by molar-refractivity contribution is -0.136. The van der Waals surface area contributed by atoms with Crippen LogP contribution in [0.5, 0.6) is 0 Å². The van der Waals surface area contributed by atoms with Crippen LogP contribution in [0.2, 0.25) is 5.02 Å². The Bertz CT molecular complexity index is 1630. The Morgan fingerprint density at radius 3 is 2.43 bits per heavy atom. The van der Waals surface area contributed by atoms with Crippen molar-refractivity contribution < 1.29 is 15.1 Å². The van der Waals surface area contributed by atoms with Crippen molar-refractivity contribution in [1.82, 2.24) is 9.78 Å². The van der Waals surface area contributed by atoms with Crippen molar-refractivity contribution in [2.24, 2.45) is 17.3 Å². The summed E-state index contributed by atoms with van der Waals surface area (Å²) in [5, 5.41) is 5.15. The van der Waals surface area contributed by atoms with E-state index in [4.69, 9.17) is 15.7 Å². The molecule has 2 aliphatic rings. The minimum Gasteiger partial charge on any atom is -0.300 e. The largest absolute Gasteiger partial charge is 0.300 e. The standard InChI is InChI=1S/C32H31ClN2O2/c1-20(23-8-10-25(11-9-23)24-6-4-3-5-7-24)35-31-27(12-13-29(33)28(31)19-34-35)30(37)14-22-15-32(16-22)17-26(18-32)21(2)36/h3-13,19-20,22,26H,14-18H2,1-2H3/i1D3,20D. The Hall–Kier alpha value is -3.24. The summed E-state index contributed by atoms with van der Waals surface area (Å²) in [6.45, 7) is -1.17. The molecule has 0 radical (unpaired) electrons. The first-order valence-electron chi connectivity index (χ1n) is 14.8. The van der Waals surface area contributed by atoms with Gasteiger partial charge in [0.15, 0.2) is 5.78 Å². The van der Waals surface area contributed by atoms with Crippen LogP contribution in [-0.2, 0) is 4.79 Å². The first-order chi connectivity index (χ1) is 19.4. The van der Waals surface area contributed by atoms with E-state index in [1.54, 1.807) is 43.3 Å². The van der Waals surface area contributed by atoms with Crippen molar-refractivity contribution in [1.29, 1.82) is 0 Å². The quantitative estimate of drug-likeness (QED) is 0.235. The number of fused-ring (bicyclic) bond motifs is 1. The third kappa shape index (κ3) is 4.31. The van der Waals surface area contributed by atoms with Crippen LogP contribution < -0.4 is 0 Å². The second-order valence-electron chi connectivity index (χ2n) is 10.8. The van der Waals surface area contributed by atoms with Crippen molar-refractivity contribution in [2.75, 3.05) is 0 Å². The molecular weight excluding hydrogens is 480 g/mol. The van der Waals surface area contributed by atoms with Crippen LogP contribution in [0.4, 0.5) is 0 Å². The van der Waals surface area contributed by atoms with Crippen molar-refractivity contribution in [3.8, 4) is 11.1 Å². The number of nitrogens with zero attached hydrogens (tertiary/aromatic N) is 2.